The van der Waals surface area contributed by atoms with E-state index in [0.29, 0.717) is 0 Å². The third-order valence-electron chi connectivity index (χ3n) is 4.67. The lowest BCUT2D eigenvalue weighted by Crippen LogP contribution is -1.88. The van der Waals surface area contributed by atoms with Gasteiger partial charge in [-0.05, 0) is 57.5 Å². The first kappa shape index (κ1) is 16.7. The fraction of sp³-hybridized carbons (Fsp3) is 0.0833. The van der Waals surface area contributed by atoms with Crippen molar-refractivity contribution in [3.63, 3.8) is 0 Å². The van der Waals surface area contributed by atoms with E-state index in [1.54, 1.807) is 18.9 Å². The summed E-state index contributed by atoms with van der Waals surface area (Å²) in [4.78, 5) is 1.16. The van der Waals surface area contributed by atoms with Crippen LogP contribution in [0.15, 0.2) is 89.8 Å². The van der Waals surface area contributed by atoms with E-state index in [2.05, 4.69) is 91.2 Å². The predicted molar refractivity (Wildman–Crippen MR) is 113 cm³/mol. The highest BCUT2D eigenvalue weighted by atomic mass is 32.2. The second-order valence-corrected chi connectivity index (χ2v) is 7.03. The van der Waals surface area contributed by atoms with Gasteiger partial charge in [0, 0.05) is 4.90 Å². The zero-order valence-corrected chi connectivity index (χ0v) is 15.7. The molecule has 0 atom stereocenters. The minimum absolute atomic E-state index is 0.933. The molecule has 0 aliphatic carbocycles. The van der Waals surface area contributed by atoms with Gasteiger partial charge in [-0.15, -0.1) is 11.8 Å². The summed E-state index contributed by atoms with van der Waals surface area (Å²) in [6.07, 6.45) is 2.08. The van der Waals surface area contributed by atoms with E-state index >= 15 is 0 Å². The molecule has 4 aromatic rings. The van der Waals surface area contributed by atoms with Gasteiger partial charge in [0.25, 0.3) is 0 Å². The zero-order valence-electron chi connectivity index (χ0n) is 14.9. The maximum atomic E-state index is 5.52. The van der Waals surface area contributed by atoms with Gasteiger partial charge in [0.05, 0.1) is 7.11 Å². The first-order valence-electron chi connectivity index (χ1n) is 8.61. The Hall–Kier alpha value is -2.71. The maximum absolute atomic E-state index is 5.52. The topological polar surface area (TPSA) is 9.23 Å². The van der Waals surface area contributed by atoms with Crippen molar-refractivity contribution in [3.05, 3.63) is 84.9 Å². The van der Waals surface area contributed by atoms with Crippen LogP contribution in [0.1, 0.15) is 0 Å². The lowest BCUT2D eigenvalue weighted by atomic mass is 9.93. The molecule has 1 nitrogen and oxygen atoms in total. The Balaban J connectivity index is 1.88. The monoisotopic (exact) mass is 356 g/mol. The van der Waals surface area contributed by atoms with Crippen molar-refractivity contribution < 1.29 is 4.74 Å². The quantitative estimate of drug-likeness (QED) is 0.368. The number of thioether (sulfide) groups is 1. The van der Waals surface area contributed by atoms with E-state index in [-0.39, 0.29) is 0 Å². The number of fused-ring (bicyclic) bond motifs is 1. The summed E-state index contributed by atoms with van der Waals surface area (Å²) in [5.74, 6) is 0.933. The summed E-state index contributed by atoms with van der Waals surface area (Å²) in [5.41, 5.74) is 4.98. The van der Waals surface area contributed by atoms with Crippen LogP contribution in [0.25, 0.3) is 33.0 Å². The van der Waals surface area contributed by atoms with Crippen LogP contribution in [0, 0.1) is 0 Å². The first-order valence-corrected chi connectivity index (χ1v) is 9.83. The fourth-order valence-corrected chi connectivity index (χ4v) is 3.94. The molecular weight excluding hydrogens is 336 g/mol. The Morgan fingerprint density at radius 3 is 2.04 bits per heavy atom. The predicted octanol–water partition coefficient (Wildman–Crippen LogP) is 6.90. The van der Waals surface area contributed by atoms with Gasteiger partial charge in [-0.1, -0.05) is 66.7 Å². The Labute approximate surface area is 158 Å². The number of benzene rings is 4. The van der Waals surface area contributed by atoms with E-state index in [1.807, 2.05) is 0 Å². The van der Waals surface area contributed by atoms with Crippen LogP contribution in [-0.2, 0) is 0 Å². The van der Waals surface area contributed by atoms with Crippen LogP contribution in [0.2, 0.25) is 0 Å². The summed E-state index contributed by atoms with van der Waals surface area (Å²) < 4.78 is 5.52. The highest BCUT2D eigenvalue weighted by molar-refractivity contribution is 7.98. The van der Waals surface area contributed by atoms with Crippen LogP contribution in [0.5, 0.6) is 5.75 Å². The van der Waals surface area contributed by atoms with E-state index in [0.717, 1.165) is 10.6 Å². The molecule has 0 spiro atoms. The van der Waals surface area contributed by atoms with Gasteiger partial charge in [-0.3, -0.25) is 0 Å². The van der Waals surface area contributed by atoms with Crippen molar-refractivity contribution in [2.75, 3.05) is 13.4 Å². The first-order chi connectivity index (χ1) is 12.8. The summed E-state index contributed by atoms with van der Waals surface area (Å²) in [6.45, 7) is 0. The minimum atomic E-state index is 0.933. The van der Waals surface area contributed by atoms with Crippen molar-refractivity contribution in [1.82, 2.24) is 0 Å². The molecule has 26 heavy (non-hydrogen) atoms. The average Bonchev–Trinajstić information content (AvgIpc) is 2.73. The second-order valence-electron chi connectivity index (χ2n) is 6.18. The highest BCUT2D eigenvalue weighted by Gasteiger charge is 2.09. The number of ether oxygens (including phenoxy) is 1. The Kier molecular flexibility index (Phi) is 4.68. The van der Waals surface area contributed by atoms with Crippen LogP contribution in [0.3, 0.4) is 0 Å². The third-order valence-corrected chi connectivity index (χ3v) is 5.42. The van der Waals surface area contributed by atoms with Crippen molar-refractivity contribution in [2.24, 2.45) is 0 Å². The summed E-state index contributed by atoms with van der Waals surface area (Å²) in [7, 11) is 1.73. The van der Waals surface area contributed by atoms with Gasteiger partial charge >= 0.3 is 0 Å². The largest absolute Gasteiger partial charge is 0.496 e. The normalized spacial score (nSPS) is 10.8. The summed E-state index contributed by atoms with van der Waals surface area (Å²) in [5, 5.41) is 2.43. The minimum Gasteiger partial charge on any atom is -0.496 e. The smallest absolute Gasteiger partial charge is 0.133 e. The molecule has 128 valence electrons. The van der Waals surface area contributed by atoms with Gasteiger partial charge in [-0.2, -0.15) is 0 Å². The number of rotatable bonds is 4. The van der Waals surface area contributed by atoms with Crippen LogP contribution in [0.4, 0.5) is 0 Å². The molecule has 0 heterocycles. The zero-order chi connectivity index (χ0) is 17.9. The molecule has 4 rings (SSSR count). The van der Waals surface area contributed by atoms with E-state index < -0.39 is 0 Å². The highest BCUT2D eigenvalue weighted by Crippen LogP contribution is 2.36. The SMILES string of the molecule is COc1cc2ccc(-c3ccccc3-c3ccccc3)cc2cc1SC. The second kappa shape index (κ2) is 7.27. The number of hydrogen-bond donors (Lipinski definition) is 0. The van der Waals surface area contributed by atoms with E-state index in [4.69, 9.17) is 4.74 Å². The molecule has 0 unspecified atom stereocenters. The summed E-state index contributed by atoms with van der Waals surface area (Å²) in [6, 6.07) is 30.1. The van der Waals surface area contributed by atoms with Gasteiger partial charge in [0.2, 0.25) is 0 Å². The molecular formula is C24H20OS. The molecule has 0 saturated heterocycles. The van der Waals surface area contributed by atoms with Gasteiger partial charge in [0.1, 0.15) is 5.75 Å². The number of hydrogen-bond acceptors (Lipinski definition) is 2. The van der Waals surface area contributed by atoms with Crippen LogP contribution in [-0.4, -0.2) is 13.4 Å². The molecule has 0 aromatic heterocycles. The van der Waals surface area contributed by atoms with Crippen LogP contribution < -0.4 is 4.74 Å². The van der Waals surface area contributed by atoms with Gasteiger partial charge < -0.3 is 4.74 Å². The third kappa shape index (κ3) is 3.09. The van der Waals surface area contributed by atoms with Crippen molar-refractivity contribution in [1.29, 1.82) is 0 Å². The molecule has 0 saturated carbocycles. The lowest BCUT2D eigenvalue weighted by Gasteiger charge is -2.13. The molecule has 0 aliphatic rings. The molecule has 2 heteroatoms. The average molecular weight is 356 g/mol. The fourth-order valence-electron chi connectivity index (χ4n) is 3.35. The van der Waals surface area contributed by atoms with Crippen molar-refractivity contribution >= 4 is 22.5 Å². The Morgan fingerprint density at radius 2 is 1.35 bits per heavy atom. The Morgan fingerprint density at radius 1 is 0.654 bits per heavy atom. The molecule has 4 aromatic carbocycles. The summed E-state index contributed by atoms with van der Waals surface area (Å²) >= 11 is 1.71. The van der Waals surface area contributed by atoms with Crippen LogP contribution >= 0.6 is 11.8 Å². The molecule has 0 radical (unpaired) electrons. The van der Waals surface area contributed by atoms with Crippen molar-refractivity contribution in [2.45, 2.75) is 4.90 Å². The Bertz CT molecular complexity index is 1050. The lowest BCUT2D eigenvalue weighted by molar-refractivity contribution is 0.405. The molecule has 0 bridgehead atoms. The van der Waals surface area contributed by atoms with E-state index in [9.17, 15) is 0 Å². The number of methoxy groups -OCH3 is 1. The van der Waals surface area contributed by atoms with Gasteiger partial charge in [-0.25, -0.2) is 0 Å². The molecule has 0 aliphatic heterocycles. The maximum Gasteiger partial charge on any atom is 0.133 e. The van der Waals surface area contributed by atoms with E-state index in [1.165, 1.54) is 33.0 Å². The van der Waals surface area contributed by atoms with Gasteiger partial charge in [0.15, 0.2) is 0 Å². The molecule has 0 N–H and O–H groups in total. The molecule has 0 fully saturated rings. The molecule has 0 amide bonds. The standard InChI is InChI=1S/C24H20OS/c1-25-23-15-18-12-13-19(14-20(18)16-24(23)26-2)22-11-7-6-10-21(22)17-8-4-3-5-9-17/h3-16H,1-2H3. The van der Waals surface area contributed by atoms with Crippen molar-refractivity contribution in [3.8, 4) is 28.0 Å².